The molecule has 0 radical (unpaired) electrons. The molecule has 0 atom stereocenters. The number of hydrogen-bond acceptors (Lipinski definition) is 6. The number of amides is 1. The molecule has 26 heavy (non-hydrogen) atoms. The first kappa shape index (κ1) is 17.5. The van der Waals surface area contributed by atoms with E-state index < -0.39 is 24.2 Å². The third-order valence-electron chi connectivity index (χ3n) is 4.00. The van der Waals surface area contributed by atoms with Crippen molar-refractivity contribution in [1.29, 1.82) is 0 Å². The van der Waals surface area contributed by atoms with E-state index in [0.717, 1.165) is 10.3 Å². The van der Waals surface area contributed by atoms with Crippen molar-refractivity contribution in [2.24, 2.45) is 7.05 Å². The van der Waals surface area contributed by atoms with Gasteiger partial charge < -0.3 is 14.5 Å². The van der Waals surface area contributed by atoms with Crippen LogP contribution >= 0.6 is 0 Å². The predicted octanol–water partition coefficient (Wildman–Crippen LogP) is 1.13. The Kier molecular flexibility index (Phi) is 4.61. The molecule has 3 rings (SSSR count). The SMILES string of the molecule is Cc1nn(C)c(C)c1NC(=O)COC(=O)Cn1c(=O)oc2ccccc21. The highest BCUT2D eigenvalue weighted by atomic mass is 16.5. The zero-order valence-electron chi connectivity index (χ0n) is 14.6. The Morgan fingerprint density at radius 2 is 2.00 bits per heavy atom. The van der Waals surface area contributed by atoms with Crippen LogP contribution in [0.2, 0.25) is 0 Å². The molecule has 0 unspecified atom stereocenters. The van der Waals surface area contributed by atoms with Gasteiger partial charge in [0.05, 0.1) is 22.6 Å². The first-order valence-electron chi connectivity index (χ1n) is 7.91. The maximum atomic E-state index is 12.0. The molecule has 2 aromatic heterocycles. The van der Waals surface area contributed by atoms with Crippen LogP contribution in [-0.2, 0) is 27.9 Å². The highest BCUT2D eigenvalue weighted by Gasteiger charge is 2.16. The van der Waals surface area contributed by atoms with E-state index in [4.69, 9.17) is 9.15 Å². The minimum absolute atomic E-state index is 0.339. The number of anilines is 1. The zero-order valence-corrected chi connectivity index (χ0v) is 14.6. The quantitative estimate of drug-likeness (QED) is 0.685. The van der Waals surface area contributed by atoms with Gasteiger partial charge in [0.15, 0.2) is 12.2 Å². The highest BCUT2D eigenvalue weighted by Crippen LogP contribution is 2.18. The summed E-state index contributed by atoms with van der Waals surface area (Å²) in [5, 5.41) is 6.86. The van der Waals surface area contributed by atoms with Crippen LogP contribution in [0.1, 0.15) is 11.4 Å². The zero-order chi connectivity index (χ0) is 18.8. The van der Waals surface area contributed by atoms with Crippen molar-refractivity contribution in [3.8, 4) is 0 Å². The number of hydrogen-bond donors (Lipinski definition) is 1. The van der Waals surface area contributed by atoms with Gasteiger partial charge in [-0.1, -0.05) is 12.1 Å². The maximum Gasteiger partial charge on any atom is 0.420 e. The highest BCUT2D eigenvalue weighted by molar-refractivity contribution is 5.93. The lowest BCUT2D eigenvalue weighted by atomic mass is 10.3. The number of ether oxygens (including phenoxy) is 1. The van der Waals surface area contributed by atoms with E-state index in [1.165, 1.54) is 0 Å². The molecule has 0 saturated heterocycles. The fourth-order valence-electron chi connectivity index (χ4n) is 2.61. The van der Waals surface area contributed by atoms with Crippen molar-refractivity contribution >= 4 is 28.7 Å². The summed E-state index contributed by atoms with van der Waals surface area (Å²) in [5.74, 6) is -1.86. The Hall–Kier alpha value is -3.36. The molecule has 9 heteroatoms. The summed E-state index contributed by atoms with van der Waals surface area (Å²) in [6.07, 6.45) is 0. The van der Waals surface area contributed by atoms with Crippen LogP contribution in [0.4, 0.5) is 5.69 Å². The van der Waals surface area contributed by atoms with E-state index in [1.807, 2.05) is 6.92 Å². The van der Waals surface area contributed by atoms with Gasteiger partial charge >= 0.3 is 11.7 Å². The van der Waals surface area contributed by atoms with Crippen molar-refractivity contribution in [2.75, 3.05) is 11.9 Å². The van der Waals surface area contributed by atoms with Crippen molar-refractivity contribution in [1.82, 2.24) is 14.3 Å². The molecule has 0 bridgehead atoms. The van der Waals surface area contributed by atoms with Crippen LogP contribution in [0.25, 0.3) is 11.1 Å². The molecule has 0 saturated carbocycles. The normalized spacial score (nSPS) is 10.9. The molecule has 1 aromatic carbocycles. The number of carbonyl (C=O) groups excluding carboxylic acids is 2. The largest absolute Gasteiger partial charge is 0.454 e. The number of para-hydroxylation sites is 2. The van der Waals surface area contributed by atoms with Crippen molar-refractivity contribution in [3.05, 3.63) is 46.2 Å². The first-order chi connectivity index (χ1) is 12.4. The van der Waals surface area contributed by atoms with Crippen molar-refractivity contribution < 1.29 is 18.7 Å². The summed E-state index contributed by atoms with van der Waals surface area (Å²) in [6, 6.07) is 6.74. The average Bonchev–Trinajstić information content (AvgIpc) is 3.04. The lowest BCUT2D eigenvalue weighted by molar-refractivity contribution is -0.147. The molecular weight excluding hydrogens is 340 g/mol. The maximum absolute atomic E-state index is 12.0. The fraction of sp³-hybridized carbons (Fsp3) is 0.294. The van der Waals surface area contributed by atoms with Crippen LogP contribution in [0.15, 0.2) is 33.5 Å². The molecule has 1 amide bonds. The molecular formula is C17H18N4O5. The Balaban J connectivity index is 1.61. The third kappa shape index (κ3) is 3.37. The minimum Gasteiger partial charge on any atom is -0.454 e. The summed E-state index contributed by atoms with van der Waals surface area (Å²) in [7, 11) is 1.77. The number of nitrogens with zero attached hydrogens (tertiary/aromatic N) is 3. The summed E-state index contributed by atoms with van der Waals surface area (Å²) in [6.45, 7) is 2.79. The second kappa shape index (κ2) is 6.87. The molecule has 0 aliphatic carbocycles. The third-order valence-corrected chi connectivity index (χ3v) is 4.00. The van der Waals surface area contributed by atoms with Crippen LogP contribution in [0, 0.1) is 13.8 Å². The van der Waals surface area contributed by atoms with E-state index in [0.29, 0.717) is 22.5 Å². The Morgan fingerprint density at radius 3 is 2.69 bits per heavy atom. The number of rotatable bonds is 5. The van der Waals surface area contributed by atoms with Gasteiger partial charge in [0.2, 0.25) is 0 Å². The van der Waals surface area contributed by atoms with E-state index >= 15 is 0 Å². The van der Waals surface area contributed by atoms with Gasteiger partial charge in [-0.3, -0.25) is 18.8 Å². The van der Waals surface area contributed by atoms with E-state index in [9.17, 15) is 14.4 Å². The van der Waals surface area contributed by atoms with Gasteiger partial charge in [-0.05, 0) is 26.0 Å². The number of aryl methyl sites for hydroxylation is 2. The Labute approximate surface area is 148 Å². The molecule has 0 fully saturated rings. The van der Waals surface area contributed by atoms with Crippen molar-refractivity contribution in [2.45, 2.75) is 20.4 Å². The monoisotopic (exact) mass is 358 g/mol. The first-order valence-corrected chi connectivity index (χ1v) is 7.91. The van der Waals surface area contributed by atoms with Crippen molar-refractivity contribution in [3.63, 3.8) is 0 Å². The number of nitrogens with one attached hydrogen (secondary N) is 1. The lowest BCUT2D eigenvalue weighted by Crippen LogP contribution is -2.26. The number of oxazole rings is 1. The Bertz CT molecular complexity index is 1040. The lowest BCUT2D eigenvalue weighted by Gasteiger charge is -2.07. The summed E-state index contributed by atoms with van der Waals surface area (Å²) < 4.78 is 12.8. The van der Waals surface area contributed by atoms with Gasteiger partial charge in [0, 0.05) is 7.05 Å². The van der Waals surface area contributed by atoms with E-state index in [2.05, 4.69) is 10.4 Å². The fourth-order valence-corrected chi connectivity index (χ4v) is 2.61. The van der Waals surface area contributed by atoms with E-state index in [-0.39, 0.29) is 6.54 Å². The number of benzene rings is 1. The summed E-state index contributed by atoms with van der Waals surface area (Å²) in [4.78, 5) is 35.8. The van der Waals surface area contributed by atoms with Gasteiger partial charge in [-0.15, -0.1) is 0 Å². The molecule has 9 nitrogen and oxygen atoms in total. The molecule has 0 aliphatic rings. The molecule has 136 valence electrons. The number of carbonyl (C=O) groups is 2. The predicted molar refractivity (Wildman–Crippen MR) is 92.7 cm³/mol. The second-order valence-electron chi connectivity index (χ2n) is 5.80. The topological polar surface area (TPSA) is 108 Å². The van der Waals surface area contributed by atoms with Crippen LogP contribution < -0.4 is 11.1 Å². The van der Waals surface area contributed by atoms with Crippen LogP contribution in [-0.4, -0.2) is 32.8 Å². The van der Waals surface area contributed by atoms with Gasteiger partial charge in [0.25, 0.3) is 5.91 Å². The number of fused-ring (bicyclic) bond motifs is 1. The average molecular weight is 358 g/mol. The molecule has 1 N–H and O–H groups in total. The summed E-state index contributed by atoms with van der Waals surface area (Å²) in [5.41, 5.74) is 2.91. The van der Waals surface area contributed by atoms with Gasteiger partial charge in [-0.2, -0.15) is 5.10 Å². The number of esters is 1. The summed E-state index contributed by atoms with van der Waals surface area (Å²) >= 11 is 0. The molecule has 3 aromatic rings. The van der Waals surface area contributed by atoms with E-state index in [1.54, 1.807) is 42.9 Å². The minimum atomic E-state index is -0.714. The second-order valence-corrected chi connectivity index (χ2v) is 5.80. The molecule has 2 heterocycles. The number of aromatic nitrogens is 3. The Morgan fingerprint density at radius 1 is 1.27 bits per heavy atom. The van der Waals surface area contributed by atoms with Crippen LogP contribution in [0.5, 0.6) is 0 Å². The smallest absolute Gasteiger partial charge is 0.420 e. The van der Waals surface area contributed by atoms with Gasteiger partial charge in [-0.25, -0.2) is 4.79 Å². The molecule has 0 spiro atoms. The van der Waals surface area contributed by atoms with Crippen LogP contribution in [0.3, 0.4) is 0 Å². The van der Waals surface area contributed by atoms with Gasteiger partial charge in [0.1, 0.15) is 6.54 Å². The molecule has 0 aliphatic heterocycles. The standard InChI is InChI=1S/C17H18N4O5/c1-10-16(11(2)20(3)19-10)18-14(22)9-25-15(23)8-21-12-6-4-5-7-13(12)26-17(21)24/h4-7H,8-9H2,1-3H3,(H,18,22).